The molecule has 0 unspecified atom stereocenters. The number of fused-ring (bicyclic) bond motifs is 1. The standard InChI is InChI=1S/C15H12F3NO2/c16-11-6-10(7-12(17)14(11)18)19-8-9-2-1-3-13-15(9)21-5-4-20-13/h1-3,6-7,19H,4-5,8H2. The highest BCUT2D eigenvalue weighted by atomic mass is 19.2. The van der Waals surface area contributed by atoms with Gasteiger partial charge >= 0.3 is 0 Å². The van der Waals surface area contributed by atoms with Crippen LogP contribution in [0.1, 0.15) is 5.56 Å². The minimum absolute atomic E-state index is 0.153. The van der Waals surface area contributed by atoms with Crippen molar-refractivity contribution < 1.29 is 22.6 Å². The molecule has 0 fully saturated rings. The predicted octanol–water partition coefficient (Wildman–Crippen LogP) is 3.49. The number of rotatable bonds is 3. The molecular weight excluding hydrogens is 283 g/mol. The van der Waals surface area contributed by atoms with Crippen LogP contribution in [0.2, 0.25) is 0 Å². The second-order valence-electron chi connectivity index (χ2n) is 4.55. The summed E-state index contributed by atoms with van der Waals surface area (Å²) < 4.78 is 50.1. The fourth-order valence-corrected chi connectivity index (χ4v) is 2.13. The lowest BCUT2D eigenvalue weighted by Crippen LogP contribution is -2.17. The molecule has 1 N–H and O–H groups in total. The summed E-state index contributed by atoms with van der Waals surface area (Å²) in [6.07, 6.45) is 0. The van der Waals surface area contributed by atoms with Crippen molar-refractivity contribution in [3.63, 3.8) is 0 Å². The highest BCUT2D eigenvalue weighted by molar-refractivity contribution is 5.50. The third-order valence-electron chi connectivity index (χ3n) is 3.11. The molecule has 0 aliphatic carbocycles. The van der Waals surface area contributed by atoms with Crippen LogP contribution in [0, 0.1) is 17.5 Å². The number of ether oxygens (including phenoxy) is 2. The van der Waals surface area contributed by atoms with Gasteiger partial charge in [-0.25, -0.2) is 13.2 Å². The molecule has 2 aromatic rings. The number of halogens is 3. The summed E-state index contributed by atoms with van der Waals surface area (Å²) in [6, 6.07) is 7.22. The Kier molecular flexibility index (Phi) is 3.60. The fraction of sp³-hybridized carbons (Fsp3) is 0.200. The van der Waals surface area contributed by atoms with Gasteiger partial charge in [0, 0.05) is 29.9 Å². The molecule has 0 atom stereocenters. The van der Waals surface area contributed by atoms with Crippen LogP contribution in [0.15, 0.2) is 30.3 Å². The minimum atomic E-state index is -1.48. The van der Waals surface area contributed by atoms with E-state index in [1.54, 1.807) is 12.1 Å². The van der Waals surface area contributed by atoms with Crippen molar-refractivity contribution in [1.82, 2.24) is 0 Å². The number of anilines is 1. The molecule has 110 valence electrons. The van der Waals surface area contributed by atoms with Crippen LogP contribution < -0.4 is 14.8 Å². The fourth-order valence-electron chi connectivity index (χ4n) is 2.13. The monoisotopic (exact) mass is 295 g/mol. The third kappa shape index (κ3) is 2.74. The van der Waals surface area contributed by atoms with Gasteiger partial charge in [-0.15, -0.1) is 0 Å². The maximum absolute atomic E-state index is 13.1. The van der Waals surface area contributed by atoms with E-state index in [4.69, 9.17) is 9.47 Å². The van der Waals surface area contributed by atoms with Crippen molar-refractivity contribution in [3.05, 3.63) is 53.3 Å². The van der Waals surface area contributed by atoms with E-state index in [2.05, 4.69) is 5.32 Å². The normalized spacial score (nSPS) is 13.1. The number of benzene rings is 2. The van der Waals surface area contributed by atoms with E-state index in [1.165, 1.54) is 0 Å². The highest BCUT2D eigenvalue weighted by Gasteiger charge is 2.16. The molecule has 6 heteroatoms. The van der Waals surface area contributed by atoms with Gasteiger partial charge in [-0.1, -0.05) is 12.1 Å². The van der Waals surface area contributed by atoms with Gasteiger partial charge in [0.2, 0.25) is 0 Å². The van der Waals surface area contributed by atoms with Crippen molar-refractivity contribution >= 4 is 5.69 Å². The van der Waals surface area contributed by atoms with Gasteiger partial charge in [-0.05, 0) is 6.07 Å². The first-order chi connectivity index (χ1) is 10.1. The summed E-state index contributed by atoms with van der Waals surface area (Å²) in [7, 11) is 0. The van der Waals surface area contributed by atoms with E-state index in [-0.39, 0.29) is 12.2 Å². The zero-order valence-corrected chi connectivity index (χ0v) is 11.0. The van der Waals surface area contributed by atoms with Crippen molar-refractivity contribution in [3.8, 4) is 11.5 Å². The molecule has 1 heterocycles. The predicted molar refractivity (Wildman–Crippen MR) is 71.1 cm³/mol. The van der Waals surface area contributed by atoms with Crippen molar-refractivity contribution in [2.24, 2.45) is 0 Å². The van der Waals surface area contributed by atoms with Crippen LogP contribution in [-0.4, -0.2) is 13.2 Å². The van der Waals surface area contributed by atoms with Crippen LogP contribution in [0.4, 0.5) is 18.9 Å². The van der Waals surface area contributed by atoms with Crippen LogP contribution in [0.3, 0.4) is 0 Å². The second kappa shape index (κ2) is 5.55. The van der Waals surface area contributed by atoms with Crippen LogP contribution in [-0.2, 0) is 6.54 Å². The molecule has 3 rings (SSSR count). The smallest absolute Gasteiger partial charge is 0.194 e. The largest absolute Gasteiger partial charge is 0.486 e. The first-order valence-electron chi connectivity index (χ1n) is 6.41. The number of hydrogen-bond donors (Lipinski definition) is 1. The van der Waals surface area contributed by atoms with Crippen molar-refractivity contribution in [2.75, 3.05) is 18.5 Å². The lowest BCUT2D eigenvalue weighted by atomic mass is 10.1. The lowest BCUT2D eigenvalue weighted by molar-refractivity contribution is 0.170. The third-order valence-corrected chi connectivity index (χ3v) is 3.11. The average molecular weight is 295 g/mol. The molecule has 0 aromatic heterocycles. The van der Waals surface area contributed by atoms with Gasteiger partial charge < -0.3 is 14.8 Å². The summed E-state index contributed by atoms with van der Waals surface area (Å²) in [5.74, 6) is -2.69. The van der Waals surface area contributed by atoms with E-state index in [9.17, 15) is 13.2 Å². The molecular formula is C15H12F3NO2. The number of para-hydroxylation sites is 1. The van der Waals surface area contributed by atoms with Crippen LogP contribution >= 0.6 is 0 Å². The van der Waals surface area contributed by atoms with Crippen molar-refractivity contribution in [2.45, 2.75) is 6.54 Å². The summed E-state index contributed by atoms with van der Waals surface area (Å²) >= 11 is 0. The number of nitrogens with one attached hydrogen (secondary N) is 1. The molecule has 3 nitrogen and oxygen atoms in total. The molecule has 21 heavy (non-hydrogen) atoms. The van der Waals surface area contributed by atoms with E-state index in [0.29, 0.717) is 24.7 Å². The Morgan fingerprint density at radius 1 is 1.00 bits per heavy atom. The maximum atomic E-state index is 13.1. The first-order valence-corrected chi connectivity index (χ1v) is 6.41. The molecule has 1 aliphatic rings. The van der Waals surface area contributed by atoms with E-state index >= 15 is 0 Å². The van der Waals surface area contributed by atoms with Gasteiger partial charge in [0.15, 0.2) is 29.0 Å². The molecule has 0 radical (unpaired) electrons. The lowest BCUT2D eigenvalue weighted by Gasteiger charge is -2.21. The SMILES string of the molecule is Fc1cc(NCc2cccc3c2OCCO3)cc(F)c1F. The number of hydrogen-bond acceptors (Lipinski definition) is 3. The quantitative estimate of drug-likeness (QED) is 0.879. The summed E-state index contributed by atoms with van der Waals surface area (Å²) in [6.45, 7) is 1.21. The Hall–Kier alpha value is -2.37. The summed E-state index contributed by atoms with van der Waals surface area (Å²) in [5.41, 5.74) is 0.943. The van der Waals surface area contributed by atoms with Gasteiger partial charge in [-0.3, -0.25) is 0 Å². The minimum Gasteiger partial charge on any atom is -0.486 e. The van der Waals surface area contributed by atoms with Gasteiger partial charge in [0.1, 0.15) is 13.2 Å². The first kappa shape index (κ1) is 13.6. The summed E-state index contributed by atoms with van der Waals surface area (Å²) in [4.78, 5) is 0. The highest BCUT2D eigenvalue weighted by Crippen LogP contribution is 2.34. The van der Waals surface area contributed by atoms with Gasteiger partial charge in [0.05, 0.1) is 0 Å². The van der Waals surface area contributed by atoms with Gasteiger partial charge in [-0.2, -0.15) is 0 Å². The second-order valence-corrected chi connectivity index (χ2v) is 4.55. The van der Waals surface area contributed by atoms with E-state index < -0.39 is 17.5 Å². The molecule has 0 bridgehead atoms. The molecule has 1 aliphatic heterocycles. The van der Waals surface area contributed by atoms with E-state index in [0.717, 1.165) is 17.7 Å². The maximum Gasteiger partial charge on any atom is 0.194 e. The summed E-state index contributed by atoms with van der Waals surface area (Å²) in [5, 5.41) is 2.84. The Labute approximate surface area is 119 Å². The average Bonchev–Trinajstić information content (AvgIpc) is 2.50. The molecule has 0 saturated heterocycles. The van der Waals surface area contributed by atoms with Crippen LogP contribution in [0.5, 0.6) is 11.5 Å². The topological polar surface area (TPSA) is 30.5 Å². The zero-order valence-electron chi connectivity index (χ0n) is 11.0. The van der Waals surface area contributed by atoms with Gasteiger partial charge in [0.25, 0.3) is 0 Å². The Bertz CT molecular complexity index is 653. The molecule has 0 spiro atoms. The van der Waals surface area contributed by atoms with Crippen molar-refractivity contribution in [1.29, 1.82) is 0 Å². The zero-order chi connectivity index (χ0) is 14.8. The molecule has 0 saturated carbocycles. The Morgan fingerprint density at radius 3 is 2.48 bits per heavy atom. The Balaban J connectivity index is 1.79. The molecule has 0 amide bonds. The molecule has 2 aromatic carbocycles. The Morgan fingerprint density at radius 2 is 1.71 bits per heavy atom. The van der Waals surface area contributed by atoms with E-state index in [1.807, 2.05) is 6.07 Å². The van der Waals surface area contributed by atoms with Crippen LogP contribution in [0.25, 0.3) is 0 Å².